The molecule has 0 saturated carbocycles. The van der Waals surface area contributed by atoms with Gasteiger partial charge in [0, 0.05) is 6.42 Å². The molecule has 5 heteroatoms. The predicted octanol–water partition coefficient (Wildman–Crippen LogP) is 2.87. The molecule has 0 spiro atoms. The molecule has 0 bridgehead atoms. The van der Waals surface area contributed by atoms with Crippen molar-refractivity contribution in [2.75, 3.05) is 13.2 Å². The topological polar surface area (TPSA) is 75.7 Å². The van der Waals surface area contributed by atoms with Gasteiger partial charge in [0.2, 0.25) is 5.91 Å². The van der Waals surface area contributed by atoms with Gasteiger partial charge in [0.25, 0.3) is 0 Å². The maximum Gasteiger partial charge on any atom is 0.222 e. The molecular formula is C16H34BNO3. The summed E-state index contributed by atoms with van der Waals surface area (Å²) >= 11 is 0. The van der Waals surface area contributed by atoms with Crippen molar-refractivity contribution in [3.05, 3.63) is 0 Å². The molecule has 0 rings (SSSR count). The summed E-state index contributed by atoms with van der Waals surface area (Å²) in [5, 5.41) is 18.2. The molecule has 0 fully saturated rings. The molecule has 0 aliphatic rings. The molecular weight excluding hydrogens is 265 g/mol. The van der Waals surface area contributed by atoms with E-state index in [1.165, 1.54) is 51.4 Å². The smallest absolute Gasteiger partial charge is 0.222 e. The van der Waals surface area contributed by atoms with Gasteiger partial charge in [-0.15, -0.1) is 0 Å². The Morgan fingerprint density at radius 3 is 1.67 bits per heavy atom. The van der Waals surface area contributed by atoms with Crippen molar-refractivity contribution in [1.29, 1.82) is 0 Å². The van der Waals surface area contributed by atoms with Crippen LogP contribution >= 0.6 is 0 Å². The largest absolute Gasteiger partial charge is 0.394 e. The molecule has 1 unspecified atom stereocenters. The Morgan fingerprint density at radius 2 is 1.24 bits per heavy atom. The monoisotopic (exact) mass is 299 g/mol. The second-order valence-electron chi connectivity index (χ2n) is 5.84. The van der Waals surface area contributed by atoms with Gasteiger partial charge in [-0.1, -0.05) is 70.5 Å². The van der Waals surface area contributed by atoms with E-state index in [0.29, 0.717) is 6.42 Å². The van der Waals surface area contributed by atoms with E-state index >= 15 is 0 Å². The van der Waals surface area contributed by atoms with Crippen molar-refractivity contribution < 1.29 is 14.9 Å². The van der Waals surface area contributed by atoms with E-state index in [0.717, 1.165) is 25.6 Å². The molecule has 0 aliphatic carbocycles. The molecule has 4 N–H and O–H groups in total. The number of nitrogens with two attached hydrogens (primary N) is 1. The highest BCUT2D eigenvalue weighted by Gasteiger charge is 2.20. The minimum absolute atomic E-state index is 0.0816. The number of hydrogen-bond donors (Lipinski definition) is 3. The standard InChI is InChI=1S/C16H34BNO3/c17-13-11-9-7-5-3-1-2-4-6-8-10-12-16(18,20)21-15-14-19/h19-20H,1-15,18H2. The van der Waals surface area contributed by atoms with Gasteiger partial charge in [0.05, 0.1) is 21.1 Å². The number of aliphatic hydroxyl groups is 2. The summed E-state index contributed by atoms with van der Waals surface area (Å²) in [6.45, 7) is -0.0377. The number of hydrogen-bond acceptors (Lipinski definition) is 4. The van der Waals surface area contributed by atoms with Crippen molar-refractivity contribution in [1.82, 2.24) is 0 Å². The van der Waals surface area contributed by atoms with Crippen molar-refractivity contribution in [2.45, 2.75) is 89.3 Å². The summed E-state index contributed by atoms with van der Waals surface area (Å²) in [5.41, 5.74) is 5.55. The molecule has 0 amide bonds. The summed E-state index contributed by atoms with van der Waals surface area (Å²) in [7, 11) is 5.46. The lowest BCUT2D eigenvalue weighted by Gasteiger charge is -2.22. The summed E-state index contributed by atoms with van der Waals surface area (Å²) in [6.07, 6.45) is 14.7. The van der Waals surface area contributed by atoms with Crippen LogP contribution in [0.3, 0.4) is 0 Å². The van der Waals surface area contributed by atoms with Crippen molar-refractivity contribution in [3.8, 4) is 0 Å². The average Bonchev–Trinajstić information content (AvgIpc) is 2.46. The fraction of sp³-hybridized carbons (Fsp3) is 1.00. The van der Waals surface area contributed by atoms with Gasteiger partial charge in [0.1, 0.15) is 0 Å². The third-order valence-electron chi connectivity index (χ3n) is 3.68. The Balaban J connectivity index is 3.18. The van der Waals surface area contributed by atoms with E-state index in [-0.39, 0.29) is 13.2 Å². The van der Waals surface area contributed by atoms with Crippen LogP contribution in [0.15, 0.2) is 0 Å². The van der Waals surface area contributed by atoms with Gasteiger partial charge in [-0.25, -0.2) is 0 Å². The zero-order valence-electron chi connectivity index (χ0n) is 13.6. The predicted molar refractivity (Wildman–Crippen MR) is 88.1 cm³/mol. The van der Waals surface area contributed by atoms with Gasteiger partial charge in [-0.3, -0.25) is 5.73 Å². The van der Waals surface area contributed by atoms with Gasteiger partial charge >= 0.3 is 0 Å². The van der Waals surface area contributed by atoms with Crippen LogP contribution in [-0.2, 0) is 4.74 Å². The lowest BCUT2D eigenvalue weighted by atomic mass is 9.98. The lowest BCUT2D eigenvalue weighted by molar-refractivity contribution is -0.208. The Bertz CT molecular complexity index is 216. The second-order valence-corrected chi connectivity index (χ2v) is 5.84. The van der Waals surface area contributed by atoms with Gasteiger partial charge in [0.15, 0.2) is 0 Å². The minimum atomic E-state index is -1.58. The van der Waals surface area contributed by atoms with Crippen LogP contribution in [-0.4, -0.2) is 37.2 Å². The van der Waals surface area contributed by atoms with E-state index < -0.39 is 5.91 Å². The van der Waals surface area contributed by atoms with Crippen LogP contribution in [0.25, 0.3) is 0 Å². The number of aliphatic hydroxyl groups excluding tert-OH is 1. The van der Waals surface area contributed by atoms with Crippen LogP contribution in [0.4, 0.5) is 0 Å². The highest BCUT2D eigenvalue weighted by Crippen LogP contribution is 2.15. The Kier molecular flexibility index (Phi) is 14.8. The first-order valence-electron chi connectivity index (χ1n) is 8.58. The first kappa shape index (κ1) is 20.9. The van der Waals surface area contributed by atoms with Gasteiger partial charge in [-0.05, 0) is 6.42 Å². The first-order valence-corrected chi connectivity index (χ1v) is 8.58. The van der Waals surface area contributed by atoms with E-state index in [1.54, 1.807) is 0 Å². The number of ether oxygens (including phenoxy) is 1. The number of rotatable bonds is 16. The van der Waals surface area contributed by atoms with Crippen LogP contribution in [0.1, 0.15) is 77.0 Å². The maximum atomic E-state index is 9.64. The molecule has 0 aromatic rings. The zero-order valence-corrected chi connectivity index (χ0v) is 13.6. The summed E-state index contributed by atoms with van der Waals surface area (Å²) in [6, 6.07) is 0. The fourth-order valence-corrected chi connectivity index (χ4v) is 2.41. The van der Waals surface area contributed by atoms with E-state index in [4.69, 9.17) is 23.4 Å². The normalized spacial score (nSPS) is 14.2. The Morgan fingerprint density at radius 1 is 0.810 bits per heavy atom. The molecule has 2 radical (unpaired) electrons. The maximum absolute atomic E-state index is 9.64. The molecule has 21 heavy (non-hydrogen) atoms. The van der Waals surface area contributed by atoms with Crippen molar-refractivity contribution in [3.63, 3.8) is 0 Å². The molecule has 0 saturated heterocycles. The van der Waals surface area contributed by atoms with Gasteiger partial charge < -0.3 is 14.9 Å². The minimum Gasteiger partial charge on any atom is -0.394 e. The molecule has 0 aliphatic heterocycles. The molecule has 0 aromatic carbocycles. The van der Waals surface area contributed by atoms with Crippen LogP contribution < -0.4 is 5.73 Å². The quantitative estimate of drug-likeness (QED) is 0.233. The zero-order chi connectivity index (χ0) is 15.8. The second kappa shape index (κ2) is 14.8. The highest BCUT2D eigenvalue weighted by atomic mass is 16.6. The Hall–Kier alpha value is -0.0951. The molecule has 4 nitrogen and oxygen atoms in total. The fourth-order valence-electron chi connectivity index (χ4n) is 2.41. The van der Waals surface area contributed by atoms with Crippen LogP contribution in [0, 0.1) is 0 Å². The van der Waals surface area contributed by atoms with Crippen LogP contribution in [0.5, 0.6) is 0 Å². The molecule has 124 valence electrons. The summed E-state index contributed by atoms with van der Waals surface area (Å²) in [5.74, 6) is -1.58. The average molecular weight is 299 g/mol. The molecule has 1 atom stereocenters. The van der Waals surface area contributed by atoms with E-state index in [2.05, 4.69) is 0 Å². The number of unbranched alkanes of at least 4 members (excludes halogenated alkanes) is 10. The first-order chi connectivity index (χ1) is 10.1. The lowest BCUT2D eigenvalue weighted by Crippen LogP contribution is -2.43. The highest BCUT2D eigenvalue weighted by molar-refractivity contribution is 6.08. The summed E-state index contributed by atoms with van der Waals surface area (Å²) < 4.78 is 4.95. The van der Waals surface area contributed by atoms with Crippen LogP contribution in [0.2, 0.25) is 6.32 Å². The SMILES string of the molecule is [B]CCCCCCCCCCCCCC(N)(O)OCCO. The third-order valence-corrected chi connectivity index (χ3v) is 3.68. The van der Waals surface area contributed by atoms with Crippen molar-refractivity contribution >= 4 is 7.85 Å². The summed E-state index contributed by atoms with van der Waals surface area (Å²) in [4.78, 5) is 0. The molecule has 0 aromatic heterocycles. The van der Waals surface area contributed by atoms with E-state index in [9.17, 15) is 5.11 Å². The van der Waals surface area contributed by atoms with Gasteiger partial charge in [-0.2, -0.15) is 0 Å². The van der Waals surface area contributed by atoms with E-state index in [1.807, 2.05) is 0 Å². The van der Waals surface area contributed by atoms with Crippen molar-refractivity contribution in [2.24, 2.45) is 5.73 Å². The molecule has 0 heterocycles. The third kappa shape index (κ3) is 16.1. The Labute approximate surface area is 131 Å².